The van der Waals surface area contributed by atoms with Gasteiger partial charge in [-0.3, -0.25) is 0 Å². The summed E-state index contributed by atoms with van der Waals surface area (Å²) in [4.78, 5) is 13.1. The van der Waals surface area contributed by atoms with Gasteiger partial charge < -0.3 is 19.8 Å². The summed E-state index contributed by atoms with van der Waals surface area (Å²) < 4.78 is 5.19. The number of β-amino-alcohol motifs (C(OH)–C–C–N with tert-alkyl or cyclic N) is 1. The Labute approximate surface area is 96.0 Å². The Morgan fingerprint density at radius 1 is 1.50 bits per heavy atom. The molecule has 1 heterocycles. The van der Waals surface area contributed by atoms with Gasteiger partial charge in [-0.05, 0) is 34.1 Å². The standard InChI is InChI=1S/C11H21NO4/c1-8(13)11(15)5-6-12(7-11)9(14)16-10(2,3)4/h8,13,15H,5-7H2,1-4H3. The minimum absolute atomic E-state index is 0.125. The predicted octanol–water partition coefficient (Wildman–Crippen LogP) is 0.739. The summed E-state index contributed by atoms with van der Waals surface area (Å²) in [5.74, 6) is 0. The minimum Gasteiger partial charge on any atom is -0.444 e. The number of aliphatic hydroxyl groups is 2. The summed E-state index contributed by atoms with van der Waals surface area (Å²) in [5.41, 5.74) is -1.74. The van der Waals surface area contributed by atoms with Gasteiger partial charge in [0.25, 0.3) is 0 Å². The summed E-state index contributed by atoms with van der Waals surface area (Å²) in [6, 6.07) is 0. The van der Waals surface area contributed by atoms with Crippen LogP contribution in [0.25, 0.3) is 0 Å². The molecule has 0 spiro atoms. The van der Waals surface area contributed by atoms with Crippen molar-refractivity contribution < 1.29 is 19.7 Å². The second-order valence-corrected chi connectivity index (χ2v) is 5.43. The third-order valence-corrected chi connectivity index (χ3v) is 2.71. The third-order valence-electron chi connectivity index (χ3n) is 2.71. The van der Waals surface area contributed by atoms with E-state index in [-0.39, 0.29) is 6.54 Å². The Morgan fingerprint density at radius 3 is 2.44 bits per heavy atom. The van der Waals surface area contributed by atoms with Gasteiger partial charge in [-0.1, -0.05) is 0 Å². The molecule has 5 heteroatoms. The van der Waals surface area contributed by atoms with Gasteiger partial charge in [0.1, 0.15) is 11.2 Å². The van der Waals surface area contributed by atoms with Crippen LogP contribution in [0.4, 0.5) is 4.79 Å². The highest BCUT2D eigenvalue weighted by atomic mass is 16.6. The molecule has 0 aromatic carbocycles. The molecule has 5 nitrogen and oxygen atoms in total. The fourth-order valence-corrected chi connectivity index (χ4v) is 1.64. The topological polar surface area (TPSA) is 70.0 Å². The normalized spacial score (nSPS) is 28.0. The van der Waals surface area contributed by atoms with Gasteiger partial charge >= 0.3 is 6.09 Å². The number of hydrogen-bond donors (Lipinski definition) is 2. The molecule has 0 radical (unpaired) electrons. The molecule has 2 N–H and O–H groups in total. The zero-order valence-electron chi connectivity index (χ0n) is 10.4. The number of nitrogens with zero attached hydrogens (tertiary/aromatic N) is 1. The Bertz CT molecular complexity index is 272. The SMILES string of the molecule is CC(O)C1(O)CCN(C(=O)OC(C)(C)C)C1. The van der Waals surface area contributed by atoms with Crippen molar-refractivity contribution in [1.29, 1.82) is 0 Å². The molecule has 0 aliphatic carbocycles. The van der Waals surface area contributed by atoms with Gasteiger partial charge in [0.2, 0.25) is 0 Å². The molecule has 2 atom stereocenters. The molecule has 0 saturated carbocycles. The molecule has 1 fully saturated rings. The fraction of sp³-hybridized carbons (Fsp3) is 0.909. The van der Waals surface area contributed by atoms with Crippen LogP contribution in [-0.4, -0.2) is 51.6 Å². The fourth-order valence-electron chi connectivity index (χ4n) is 1.64. The molecule has 1 aliphatic heterocycles. The van der Waals surface area contributed by atoms with Crippen molar-refractivity contribution in [3.8, 4) is 0 Å². The van der Waals surface area contributed by atoms with Crippen LogP contribution in [0.5, 0.6) is 0 Å². The van der Waals surface area contributed by atoms with Crippen LogP contribution in [0.1, 0.15) is 34.1 Å². The molecular weight excluding hydrogens is 210 g/mol. The molecule has 0 aromatic heterocycles. The van der Waals surface area contributed by atoms with Crippen LogP contribution in [0, 0.1) is 0 Å². The van der Waals surface area contributed by atoms with E-state index in [2.05, 4.69) is 0 Å². The number of likely N-dealkylation sites (tertiary alicyclic amines) is 1. The van der Waals surface area contributed by atoms with Crippen molar-refractivity contribution in [2.24, 2.45) is 0 Å². The van der Waals surface area contributed by atoms with E-state index in [4.69, 9.17) is 4.74 Å². The summed E-state index contributed by atoms with van der Waals surface area (Å²) in [7, 11) is 0. The van der Waals surface area contributed by atoms with E-state index in [9.17, 15) is 15.0 Å². The molecular formula is C11H21NO4. The summed E-state index contributed by atoms with van der Waals surface area (Å²) >= 11 is 0. The zero-order chi connectivity index (χ0) is 12.6. The van der Waals surface area contributed by atoms with E-state index in [0.29, 0.717) is 13.0 Å². The molecule has 1 amide bonds. The van der Waals surface area contributed by atoms with E-state index >= 15 is 0 Å². The van der Waals surface area contributed by atoms with Crippen LogP contribution in [0.15, 0.2) is 0 Å². The number of amides is 1. The van der Waals surface area contributed by atoms with Crippen LogP contribution in [-0.2, 0) is 4.74 Å². The molecule has 16 heavy (non-hydrogen) atoms. The van der Waals surface area contributed by atoms with E-state index in [1.807, 2.05) is 0 Å². The van der Waals surface area contributed by atoms with Crippen LogP contribution < -0.4 is 0 Å². The Kier molecular flexibility index (Phi) is 3.50. The van der Waals surface area contributed by atoms with Gasteiger partial charge in [-0.25, -0.2) is 4.79 Å². The Hall–Kier alpha value is -0.810. The molecule has 0 bridgehead atoms. The van der Waals surface area contributed by atoms with Gasteiger partial charge in [-0.2, -0.15) is 0 Å². The maximum atomic E-state index is 11.7. The number of rotatable bonds is 1. The average molecular weight is 231 g/mol. The maximum absolute atomic E-state index is 11.7. The lowest BCUT2D eigenvalue weighted by Gasteiger charge is -2.27. The number of hydrogen-bond acceptors (Lipinski definition) is 4. The van der Waals surface area contributed by atoms with Crippen molar-refractivity contribution in [2.45, 2.75) is 51.4 Å². The van der Waals surface area contributed by atoms with Crippen molar-refractivity contribution >= 4 is 6.09 Å². The lowest BCUT2D eigenvalue weighted by atomic mass is 9.97. The van der Waals surface area contributed by atoms with E-state index in [1.54, 1.807) is 20.8 Å². The molecule has 94 valence electrons. The summed E-state index contributed by atoms with van der Waals surface area (Å²) in [6.45, 7) is 7.44. The number of carbonyl (C=O) groups is 1. The molecule has 0 aromatic rings. The minimum atomic E-state index is -1.20. The van der Waals surface area contributed by atoms with Crippen molar-refractivity contribution in [2.75, 3.05) is 13.1 Å². The van der Waals surface area contributed by atoms with Gasteiger partial charge in [-0.15, -0.1) is 0 Å². The Balaban J connectivity index is 2.57. The number of aliphatic hydroxyl groups excluding tert-OH is 1. The third kappa shape index (κ3) is 3.09. The first kappa shape index (κ1) is 13.3. The average Bonchev–Trinajstić information content (AvgIpc) is 2.46. The second kappa shape index (κ2) is 4.22. The van der Waals surface area contributed by atoms with Crippen LogP contribution in [0.3, 0.4) is 0 Å². The van der Waals surface area contributed by atoms with Crippen molar-refractivity contribution in [3.63, 3.8) is 0 Å². The zero-order valence-corrected chi connectivity index (χ0v) is 10.4. The lowest BCUT2D eigenvalue weighted by Crippen LogP contribution is -2.45. The van der Waals surface area contributed by atoms with E-state index < -0.39 is 23.4 Å². The van der Waals surface area contributed by atoms with Gasteiger partial charge in [0, 0.05) is 6.54 Å². The molecule has 1 aliphatic rings. The molecule has 1 saturated heterocycles. The molecule has 1 rings (SSSR count). The van der Waals surface area contributed by atoms with Gasteiger partial charge in [0.15, 0.2) is 0 Å². The van der Waals surface area contributed by atoms with Crippen LogP contribution >= 0.6 is 0 Å². The predicted molar refractivity (Wildman–Crippen MR) is 59.1 cm³/mol. The highest BCUT2D eigenvalue weighted by Gasteiger charge is 2.42. The van der Waals surface area contributed by atoms with E-state index in [0.717, 1.165) is 0 Å². The highest BCUT2D eigenvalue weighted by Crippen LogP contribution is 2.26. The first-order valence-electron chi connectivity index (χ1n) is 5.52. The second-order valence-electron chi connectivity index (χ2n) is 5.43. The maximum Gasteiger partial charge on any atom is 0.410 e. The highest BCUT2D eigenvalue weighted by molar-refractivity contribution is 5.68. The van der Waals surface area contributed by atoms with E-state index in [1.165, 1.54) is 11.8 Å². The first-order valence-corrected chi connectivity index (χ1v) is 5.52. The Morgan fingerprint density at radius 2 is 2.06 bits per heavy atom. The quantitative estimate of drug-likeness (QED) is 0.698. The molecule has 2 unspecified atom stereocenters. The summed E-state index contributed by atoms with van der Waals surface area (Å²) in [5, 5.41) is 19.4. The van der Waals surface area contributed by atoms with Crippen molar-refractivity contribution in [1.82, 2.24) is 4.90 Å². The van der Waals surface area contributed by atoms with Gasteiger partial charge in [0.05, 0.1) is 12.6 Å². The van der Waals surface area contributed by atoms with Crippen LogP contribution in [0.2, 0.25) is 0 Å². The van der Waals surface area contributed by atoms with Crippen molar-refractivity contribution in [3.05, 3.63) is 0 Å². The largest absolute Gasteiger partial charge is 0.444 e. The summed E-state index contributed by atoms with van der Waals surface area (Å²) in [6.07, 6.45) is -0.909. The number of carbonyl (C=O) groups excluding carboxylic acids is 1. The smallest absolute Gasteiger partial charge is 0.410 e. The lowest BCUT2D eigenvalue weighted by molar-refractivity contribution is -0.0581. The monoisotopic (exact) mass is 231 g/mol. The first-order chi connectivity index (χ1) is 7.14. The number of ether oxygens (including phenoxy) is 1.